The molecule has 2 unspecified atom stereocenters. The van der Waals surface area contributed by atoms with Gasteiger partial charge < -0.3 is 9.84 Å². The van der Waals surface area contributed by atoms with E-state index in [9.17, 15) is 23.1 Å². The van der Waals surface area contributed by atoms with Crippen LogP contribution in [0, 0.1) is 0 Å². The van der Waals surface area contributed by atoms with Gasteiger partial charge in [-0.3, -0.25) is 9.69 Å². The van der Waals surface area contributed by atoms with Crippen molar-refractivity contribution in [2.45, 2.75) is 31.1 Å². The van der Waals surface area contributed by atoms with Crippen molar-refractivity contribution in [1.82, 2.24) is 4.90 Å². The van der Waals surface area contributed by atoms with E-state index in [2.05, 4.69) is 0 Å². The van der Waals surface area contributed by atoms with Crippen LogP contribution in [0.25, 0.3) is 0 Å². The molecule has 7 heteroatoms. The zero-order valence-corrected chi connectivity index (χ0v) is 14.7. The summed E-state index contributed by atoms with van der Waals surface area (Å²) in [4.78, 5) is 13.5. The predicted octanol–water partition coefficient (Wildman–Crippen LogP) is 4.35. The SMILES string of the molecule is COc1ccccc1C(c1ccc(C(F)(F)F)cc1)N1CCCC1C(=O)O. The molecule has 4 nitrogen and oxygen atoms in total. The quantitative estimate of drug-likeness (QED) is 0.839. The molecule has 2 aromatic carbocycles. The van der Waals surface area contributed by atoms with Crippen LogP contribution < -0.4 is 4.74 Å². The molecule has 1 heterocycles. The number of nitrogens with zero attached hydrogens (tertiary/aromatic N) is 1. The number of halogens is 3. The molecule has 0 bridgehead atoms. The number of hydrogen-bond acceptors (Lipinski definition) is 3. The molecule has 0 spiro atoms. The van der Waals surface area contributed by atoms with Crippen molar-refractivity contribution in [1.29, 1.82) is 0 Å². The van der Waals surface area contributed by atoms with E-state index < -0.39 is 29.8 Å². The van der Waals surface area contributed by atoms with Gasteiger partial charge in [0.2, 0.25) is 0 Å². The number of benzene rings is 2. The molecule has 2 aromatic rings. The molecule has 2 atom stereocenters. The Morgan fingerprint density at radius 1 is 1.19 bits per heavy atom. The van der Waals surface area contributed by atoms with E-state index in [1.807, 2.05) is 11.0 Å². The molecule has 3 rings (SSSR count). The van der Waals surface area contributed by atoms with Gasteiger partial charge in [-0.05, 0) is 36.6 Å². The standard InChI is InChI=1S/C20H20F3NO3/c1-27-17-7-3-2-5-15(17)18(24-12-4-6-16(24)19(25)26)13-8-10-14(11-9-13)20(21,22)23/h2-3,5,7-11,16,18H,4,6,12H2,1H3,(H,25,26). The first-order chi connectivity index (χ1) is 12.8. The van der Waals surface area contributed by atoms with E-state index in [4.69, 9.17) is 4.74 Å². The number of para-hydroxylation sites is 1. The summed E-state index contributed by atoms with van der Waals surface area (Å²) in [6.45, 7) is 0.542. The highest BCUT2D eigenvalue weighted by molar-refractivity contribution is 5.74. The lowest BCUT2D eigenvalue weighted by molar-refractivity contribution is -0.142. The van der Waals surface area contributed by atoms with Crippen LogP contribution in [0.15, 0.2) is 48.5 Å². The molecule has 1 saturated heterocycles. The van der Waals surface area contributed by atoms with Gasteiger partial charge in [0.05, 0.1) is 18.7 Å². The Balaban J connectivity index is 2.09. The van der Waals surface area contributed by atoms with Gasteiger partial charge in [-0.25, -0.2) is 0 Å². The molecular weight excluding hydrogens is 359 g/mol. The largest absolute Gasteiger partial charge is 0.496 e. The van der Waals surface area contributed by atoms with Crippen molar-refractivity contribution < 1.29 is 27.8 Å². The van der Waals surface area contributed by atoms with Gasteiger partial charge in [0, 0.05) is 12.1 Å². The molecule has 1 aliphatic heterocycles. The zero-order chi connectivity index (χ0) is 19.6. The minimum Gasteiger partial charge on any atom is -0.496 e. The van der Waals surface area contributed by atoms with E-state index in [0.717, 1.165) is 17.7 Å². The third-order valence-corrected chi connectivity index (χ3v) is 4.90. The molecule has 0 radical (unpaired) electrons. The van der Waals surface area contributed by atoms with Crippen LogP contribution in [0.4, 0.5) is 13.2 Å². The molecule has 1 aliphatic rings. The first-order valence-corrected chi connectivity index (χ1v) is 8.61. The van der Waals surface area contributed by atoms with Crippen LogP contribution >= 0.6 is 0 Å². The second-order valence-electron chi connectivity index (χ2n) is 6.50. The smallest absolute Gasteiger partial charge is 0.416 e. The molecule has 1 fully saturated rings. The summed E-state index contributed by atoms with van der Waals surface area (Å²) in [5.41, 5.74) is 0.592. The molecule has 0 aromatic heterocycles. The molecule has 0 amide bonds. The molecule has 144 valence electrons. The van der Waals surface area contributed by atoms with Crippen molar-refractivity contribution >= 4 is 5.97 Å². The number of ether oxygens (including phenoxy) is 1. The Morgan fingerprint density at radius 3 is 2.44 bits per heavy atom. The van der Waals surface area contributed by atoms with E-state index in [0.29, 0.717) is 30.7 Å². The average molecular weight is 379 g/mol. The fraction of sp³-hybridized carbons (Fsp3) is 0.350. The van der Waals surface area contributed by atoms with Crippen molar-refractivity contribution in [2.75, 3.05) is 13.7 Å². The molecule has 27 heavy (non-hydrogen) atoms. The summed E-state index contributed by atoms with van der Waals surface area (Å²) in [6, 6.07) is 10.9. The normalized spacial score (nSPS) is 19.0. The van der Waals surface area contributed by atoms with Gasteiger partial charge in [-0.2, -0.15) is 13.2 Å². The van der Waals surface area contributed by atoms with E-state index >= 15 is 0 Å². The van der Waals surface area contributed by atoms with Gasteiger partial charge in [0.1, 0.15) is 11.8 Å². The van der Waals surface area contributed by atoms with Crippen LogP contribution in [0.1, 0.15) is 35.6 Å². The summed E-state index contributed by atoms with van der Waals surface area (Å²) >= 11 is 0. The van der Waals surface area contributed by atoms with Crippen LogP contribution in [0.3, 0.4) is 0 Å². The Morgan fingerprint density at radius 2 is 1.85 bits per heavy atom. The maximum atomic E-state index is 12.9. The van der Waals surface area contributed by atoms with Gasteiger partial charge >= 0.3 is 12.1 Å². The number of carbonyl (C=O) groups is 1. The van der Waals surface area contributed by atoms with Crippen molar-refractivity contribution in [3.63, 3.8) is 0 Å². The second-order valence-corrected chi connectivity index (χ2v) is 6.50. The van der Waals surface area contributed by atoms with Gasteiger partial charge in [0.25, 0.3) is 0 Å². The van der Waals surface area contributed by atoms with Crippen LogP contribution in [0.2, 0.25) is 0 Å². The number of likely N-dealkylation sites (tertiary alicyclic amines) is 1. The number of carboxylic acid groups (broad SMARTS) is 1. The number of alkyl halides is 3. The van der Waals surface area contributed by atoms with E-state index in [1.165, 1.54) is 19.2 Å². The van der Waals surface area contributed by atoms with Crippen molar-refractivity contribution in [3.05, 3.63) is 65.2 Å². The number of carboxylic acids is 1. The summed E-state index contributed by atoms with van der Waals surface area (Å²) in [5, 5.41) is 9.58. The highest BCUT2D eigenvalue weighted by Gasteiger charge is 2.38. The Hall–Kier alpha value is -2.54. The third kappa shape index (κ3) is 3.93. The summed E-state index contributed by atoms with van der Waals surface area (Å²) < 4.78 is 44.2. The van der Waals surface area contributed by atoms with Gasteiger partial charge in [0.15, 0.2) is 0 Å². The van der Waals surface area contributed by atoms with Crippen molar-refractivity contribution in [3.8, 4) is 5.75 Å². The summed E-state index contributed by atoms with van der Waals surface area (Å²) in [6.07, 6.45) is -3.21. The first kappa shape index (κ1) is 19.2. The fourth-order valence-corrected chi connectivity index (χ4v) is 3.66. The molecule has 1 N–H and O–H groups in total. The average Bonchev–Trinajstić information content (AvgIpc) is 3.12. The van der Waals surface area contributed by atoms with Gasteiger partial charge in [-0.1, -0.05) is 30.3 Å². The molecular formula is C20H20F3NO3. The number of hydrogen-bond donors (Lipinski definition) is 1. The van der Waals surface area contributed by atoms with Crippen LogP contribution in [0.5, 0.6) is 5.75 Å². The fourth-order valence-electron chi connectivity index (χ4n) is 3.66. The van der Waals surface area contributed by atoms with E-state index in [1.54, 1.807) is 18.2 Å². The maximum absolute atomic E-state index is 12.9. The monoisotopic (exact) mass is 379 g/mol. The lowest BCUT2D eigenvalue weighted by Gasteiger charge is -2.33. The highest BCUT2D eigenvalue weighted by atomic mass is 19.4. The third-order valence-electron chi connectivity index (χ3n) is 4.90. The zero-order valence-electron chi connectivity index (χ0n) is 14.7. The second kappa shape index (κ2) is 7.60. The summed E-state index contributed by atoms with van der Waals surface area (Å²) in [7, 11) is 1.52. The van der Waals surface area contributed by atoms with Crippen LogP contribution in [-0.2, 0) is 11.0 Å². The lowest BCUT2D eigenvalue weighted by Crippen LogP contribution is -2.39. The number of rotatable bonds is 5. The number of methoxy groups -OCH3 is 1. The Bertz CT molecular complexity index is 805. The maximum Gasteiger partial charge on any atom is 0.416 e. The van der Waals surface area contributed by atoms with Gasteiger partial charge in [-0.15, -0.1) is 0 Å². The van der Waals surface area contributed by atoms with E-state index in [-0.39, 0.29) is 0 Å². The predicted molar refractivity (Wildman–Crippen MR) is 93.6 cm³/mol. The van der Waals surface area contributed by atoms with Crippen molar-refractivity contribution in [2.24, 2.45) is 0 Å². The Kier molecular flexibility index (Phi) is 5.41. The highest BCUT2D eigenvalue weighted by Crippen LogP contribution is 2.39. The minimum atomic E-state index is -4.42. The number of aliphatic carboxylic acids is 1. The Labute approximate surface area is 155 Å². The van der Waals surface area contributed by atoms with Crippen LogP contribution in [-0.4, -0.2) is 35.7 Å². The lowest BCUT2D eigenvalue weighted by atomic mass is 9.94. The minimum absolute atomic E-state index is 0.502. The topological polar surface area (TPSA) is 49.8 Å². The molecule has 0 aliphatic carbocycles. The summed E-state index contributed by atoms with van der Waals surface area (Å²) in [5.74, 6) is -0.363. The molecule has 0 saturated carbocycles. The first-order valence-electron chi connectivity index (χ1n) is 8.61.